The van der Waals surface area contributed by atoms with Gasteiger partial charge < -0.3 is 10.1 Å². The average molecular weight is 528 g/mol. The van der Waals surface area contributed by atoms with Gasteiger partial charge in [-0.25, -0.2) is 13.9 Å². The van der Waals surface area contributed by atoms with Crippen molar-refractivity contribution < 1.29 is 18.7 Å². The van der Waals surface area contributed by atoms with Gasteiger partial charge in [0.1, 0.15) is 17.2 Å². The maximum absolute atomic E-state index is 14.6. The summed E-state index contributed by atoms with van der Waals surface area (Å²) in [6.07, 6.45) is 0.292. The van der Waals surface area contributed by atoms with E-state index in [9.17, 15) is 14.0 Å². The number of halogens is 2. The third-order valence-corrected chi connectivity index (χ3v) is 5.84. The number of carbonyl (C=O) groups is 2. The van der Waals surface area contributed by atoms with Gasteiger partial charge in [-0.15, -0.1) is 0 Å². The van der Waals surface area contributed by atoms with Crippen LogP contribution in [0.2, 0.25) is 5.02 Å². The van der Waals surface area contributed by atoms with Crippen molar-refractivity contribution in [1.29, 1.82) is 0 Å². The predicted octanol–water partition coefficient (Wildman–Crippen LogP) is 6.73. The monoisotopic (exact) mass is 527 g/mol. The number of aryl methyl sites for hydroxylation is 1. The molecule has 0 saturated carbocycles. The van der Waals surface area contributed by atoms with E-state index < -0.39 is 17.5 Å². The van der Waals surface area contributed by atoms with Gasteiger partial charge in [0, 0.05) is 41.1 Å². The van der Waals surface area contributed by atoms with Crippen LogP contribution in [-0.2, 0) is 34.3 Å². The zero-order chi connectivity index (χ0) is 27.4. The van der Waals surface area contributed by atoms with Crippen molar-refractivity contribution in [2.24, 2.45) is 0 Å². The predicted molar refractivity (Wildman–Crippen MR) is 144 cm³/mol. The Morgan fingerprint density at radius 1 is 1.05 bits per heavy atom. The SMILES string of the molecule is CC(C)(C)OC(=O)NCc1ccc(CC(=O)CCc2cc(C(C)(C)C)nn2-c2cccc(Cl)c2)cc1F. The highest BCUT2D eigenvalue weighted by Crippen LogP contribution is 2.25. The summed E-state index contributed by atoms with van der Waals surface area (Å²) in [4.78, 5) is 24.6. The van der Waals surface area contributed by atoms with Crippen molar-refractivity contribution in [3.8, 4) is 5.69 Å². The maximum Gasteiger partial charge on any atom is 0.407 e. The molecule has 8 heteroatoms. The lowest BCUT2D eigenvalue weighted by Crippen LogP contribution is -2.32. The molecule has 0 radical (unpaired) electrons. The van der Waals surface area contributed by atoms with E-state index in [1.165, 1.54) is 6.07 Å². The Morgan fingerprint density at radius 3 is 2.41 bits per heavy atom. The van der Waals surface area contributed by atoms with Crippen LogP contribution in [0.25, 0.3) is 5.69 Å². The van der Waals surface area contributed by atoms with Crippen molar-refractivity contribution >= 4 is 23.5 Å². The Hall–Kier alpha value is -3.19. The summed E-state index contributed by atoms with van der Waals surface area (Å²) >= 11 is 6.19. The second-order valence-electron chi connectivity index (χ2n) is 11.2. The van der Waals surface area contributed by atoms with E-state index in [1.807, 2.05) is 28.9 Å². The number of carbonyl (C=O) groups excluding carboxylic acids is 2. The number of ether oxygens (including phenoxy) is 1. The molecule has 0 saturated heterocycles. The molecule has 0 aliphatic heterocycles. The first-order valence-corrected chi connectivity index (χ1v) is 12.7. The number of alkyl carbamates (subject to hydrolysis) is 1. The second kappa shape index (κ2) is 11.5. The molecule has 0 aliphatic rings. The van der Waals surface area contributed by atoms with Crippen molar-refractivity contribution in [2.45, 2.75) is 78.4 Å². The zero-order valence-corrected chi connectivity index (χ0v) is 23.1. The van der Waals surface area contributed by atoms with Crippen LogP contribution in [0.15, 0.2) is 48.5 Å². The largest absolute Gasteiger partial charge is 0.444 e. The molecule has 37 heavy (non-hydrogen) atoms. The number of nitrogens with zero attached hydrogens (tertiary/aromatic N) is 2. The second-order valence-corrected chi connectivity index (χ2v) is 11.6. The fourth-order valence-electron chi connectivity index (χ4n) is 3.71. The van der Waals surface area contributed by atoms with Crippen LogP contribution < -0.4 is 5.32 Å². The number of rotatable bonds is 8. The minimum Gasteiger partial charge on any atom is -0.444 e. The Bertz CT molecular complexity index is 1270. The number of hydrogen-bond acceptors (Lipinski definition) is 4. The molecule has 0 aliphatic carbocycles. The standard InChI is InChI=1S/C29H35ClFN3O3/c1-28(2,3)26-17-23(34(33-26)22-9-7-8-21(30)16-22)12-13-24(35)14-19-10-11-20(25(31)15-19)18-32-27(36)37-29(4,5)6/h7-11,15-17H,12-14,18H2,1-6H3,(H,32,36). The number of nitrogens with one attached hydrogen (secondary N) is 1. The molecule has 0 unspecified atom stereocenters. The molecule has 0 atom stereocenters. The van der Waals surface area contributed by atoms with Crippen LogP contribution in [0.5, 0.6) is 0 Å². The van der Waals surface area contributed by atoms with Crippen molar-refractivity contribution in [3.05, 3.63) is 81.9 Å². The number of ketones is 1. The van der Waals surface area contributed by atoms with E-state index in [0.29, 0.717) is 29.0 Å². The topological polar surface area (TPSA) is 73.2 Å². The lowest BCUT2D eigenvalue weighted by atomic mass is 9.92. The summed E-state index contributed by atoms with van der Waals surface area (Å²) in [6, 6.07) is 14.1. The van der Waals surface area contributed by atoms with E-state index in [1.54, 1.807) is 39.0 Å². The highest BCUT2D eigenvalue weighted by atomic mass is 35.5. The fraction of sp³-hybridized carbons (Fsp3) is 0.414. The van der Waals surface area contributed by atoms with Gasteiger partial charge >= 0.3 is 6.09 Å². The molecule has 1 N–H and O–H groups in total. The molecule has 1 amide bonds. The summed E-state index contributed by atoms with van der Waals surface area (Å²) in [5.74, 6) is -0.481. The average Bonchev–Trinajstić information content (AvgIpc) is 3.21. The van der Waals surface area contributed by atoms with Crippen LogP contribution in [-0.4, -0.2) is 27.3 Å². The fourth-order valence-corrected chi connectivity index (χ4v) is 3.89. The lowest BCUT2D eigenvalue weighted by molar-refractivity contribution is -0.118. The molecule has 3 rings (SSSR count). The van der Waals surface area contributed by atoms with E-state index in [-0.39, 0.29) is 24.2 Å². The quantitative estimate of drug-likeness (QED) is 0.352. The first kappa shape index (κ1) is 28.4. The van der Waals surface area contributed by atoms with Gasteiger partial charge in [-0.2, -0.15) is 5.10 Å². The normalized spacial score (nSPS) is 11.9. The van der Waals surface area contributed by atoms with E-state index >= 15 is 0 Å². The molecule has 3 aromatic rings. The summed E-state index contributed by atoms with van der Waals surface area (Å²) in [5.41, 5.74) is 2.79. The van der Waals surface area contributed by atoms with E-state index in [0.717, 1.165) is 17.1 Å². The van der Waals surface area contributed by atoms with Crippen LogP contribution >= 0.6 is 11.6 Å². The zero-order valence-electron chi connectivity index (χ0n) is 22.3. The number of amides is 1. The van der Waals surface area contributed by atoms with Gasteiger partial charge in [-0.3, -0.25) is 4.79 Å². The van der Waals surface area contributed by atoms with Gasteiger partial charge in [-0.05, 0) is 63.1 Å². The maximum atomic E-state index is 14.6. The minimum atomic E-state index is -0.632. The van der Waals surface area contributed by atoms with Crippen molar-refractivity contribution in [1.82, 2.24) is 15.1 Å². The van der Waals surface area contributed by atoms with Gasteiger partial charge in [0.25, 0.3) is 0 Å². The Morgan fingerprint density at radius 2 is 1.78 bits per heavy atom. The number of aromatic nitrogens is 2. The van der Waals surface area contributed by atoms with Crippen LogP contribution in [0.3, 0.4) is 0 Å². The molecule has 198 valence electrons. The molecule has 2 aromatic carbocycles. The number of Topliss-reactive ketones (excluding diaryl/α,β-unsaturated/α-hetero) is 1. The molecule has 1 aromatic heterocycles. The summed E-state index contributed by atoms with van der Waals surface area (Å²) < 4.78 is 21.6. The lowest BCUT2D eigenvalue weighted by Gasteiger charge is -2.19. The summed E-state index contributed by atoms with van der Waals surface area (Å²) in [6.45, 7) is 11.5. The third-order valence-electron chi connectivity index (χ3n) is 5.61. The number of hydrogen-bond donors (Lipinski definition) is 1. The van der Waals surface area contributed by atoms with Gasteiger partial charge in [0.15, 0.2) is 0 Å². The smallest absolute Gasteiger partial charge is 0.407 e. The van der Waals surface area contributed by atoms with E-state index in [2.05, 4.69) is 26.1 Å². The minimum absolute atomic E-state index is 0.00141. The summed E-state index contributed by atoms with van der Waals surface area (Å²) in [7, 11) is 0. The summed E-state index contributed by atoms with van der Waals surface area (Å²) in [5, 5.41) is 7.94. The Kier molecular flexibility index (Phi) is 8.80. The molecular formula is C29H35ClFN3O3. The van der Waals surface area contributed by atoms with Crippen LogP contribution in [0.1, 0.15) is 70.5 Å². The van der Waals surface area contributed by atoms with Crippen molar-refractivity contribution in [2.75, 3.05) is 0 Å². The van der Waals surface area contributed by atoms with Crippen LogP contribution in [0.4, 0.5) is 9.18 Å². The van der Waals surface area contributed by atoms with E-state index in [4.69, 9.17) is 21.4 Å². The highest BCUT2D eigenvalue weighted by molar-refractivity contribution is 6.30. The molecular weight excluding hydrogens is 493 g/mol. The highest BCUT2D eigenvalue weighted by Gasteiger charge is 2.21. The van der Waals surface area contributed by atoms with Crippen LogP contribution in [0, 0.1) is 5.82 Å². The molecule has 0 spiro atoms. The van der Waals surface area contributed by atoms with Crippen molar-refractivity contribution in [3.63, 3.8) is 0 Å². The van der Waals surface area contributed by atoms with Gasteiger partial charge in [0.05, 0.1) is 11.4 Å². The Balaban J connectivity index is 1.64. The molecule has 0 fully saturated rings. The Labute approximate surface area is 223 Å². The molecule has 0 bridgehead atoms. The number of benzene rings is 2. The molecule has 1 heterocycles. The van der Waals surface area contributed by atoms with Gasteiger partial charge in [-0.1, -0.05) is 50.6 Å². The third kappa shape index (κ3) is 8.42. The van der Waals surface area contributed by atoms with Gasteiger partial charge in [0.2, 0.25) is 0 Å². The first-order valence-electron chi connectivity index (χ1n) is 12.3. The first-order chi connectivity index (χ1) is 17.2. The molecule has 6 nitrogen and oxygen atoms in total.